The summed E-state index contributed by atoms with van der Waals surface area (Å²) in [5, 5.41) is 11.4. The molecular weight excluding hydrogens is 329 g/mol. The van der Waals surface area contributed by atoms with Crippen LogP contribution in [0.3, 0.4) is 0 Å². The van der Waals surface area contributed by atoms with Gasteiger partial charge in [-0.3, -0.25) is 4.79 Å². The molecule has 0 aliphatic heterocycles. The van der Waals surface area contributed by atoms with Crippen molar-refractivity contribution in [3.63, 3.8) is 0 Å². The van der Waals surface area contributed by atoms with Gasteiger partial charge < -0.3 is 9.67 Å². The van der Waals surface area contributed by atoms with Gasteiger partial charge >= 0.3 is 0 Å². The molecule has 0 aliphatic carbocycles. The Balaban J connectivity index is 1.78. The summed E-state index contributed by atoms with van der Waals surface area (Å²) in [7, 11) is 0. The zero-order chi connectivity index (χ0) is 18.1. The third kappa shape index (κ3) is 2.86. The van der Waals surface area contributed by atoms with Gasteiger partial charge in [0.15, 0.2) is 0 Å². The van der Waals surface area contributed by atoms with Crippen molar-refractivity contribution < 1.29 is 9.50 Å². The number of benzene rings is 3. The van der Waals surface area contributed by atoms with Gasteiger partial charge in [0.2, 0.25) is 0 Å². The van der Waals surface area contributed by atoms with Crippen molar-refractivity contribution in [2.45, 2.75) is 6.54 Å². The molecule has 0 aliphatic rings. The van der Waals surface area contributed by atoms with Crippen LogP contribution in [0.25, 0.3) is 21.9 Å². The number of nitrogens with zero attached hydrogens (tertiary/aromatic N) is 1. The highest BCUT2D eigenvalue weighted by atomic mass is 19.1. The lowest BCUT2D eigenvalue weighted by Gasteiger charge is -2.10. The Bertz CT molecular complexity index is 1160. The van der Waals surface area contributed by atoms with Crippen molar-refractivity contribution in [2.75, 3.05) is 0 Å². The van der Waals surface area contributed by atoms with Gasteiger partial charge in [-0.2, -0.15) is 0 Å². The van der Waals surface area contributed by atoms with Crippen LogP contribution in [0, 0.1) is 5.82 Å². The van der Waals surface area contributed by atoms with E-state index in [0.29, 0.717) is 16.5 Å². The molecule has 1 N–H and O–H groups in total. The predicted molar refractivity (Wildman–Crippen MR) is 101 cm³/mol. The summed E-state index contributed by atoms with van der Waals surface area (Å²) in [4.78, 5) is 12.7. The molecule has 0 spiro atoms. The molecule has 0 saturated carbocycles. The van der Waals surface area contributed by atoms with E-state index < -0.39 is 0 Å². The Morgan fingerprint density at radius 1 is 0.923 bits per heavy atom. The molecule has 3 aromatic carbocycles. The number of hydrogen-bond donors (Lipinski definition) is 1. The van der Waals surface area contributed by atoms with Crippen molar-refractivity contribution in [1.82, 2.24) is 4.57 Å². The van der Waals surface area contributed by atoms with Crippen molar-refractivity contribution in [1.29, 1.82) is 0 Å². The zero-order valence-corrected chi connectivity index (χ0v) is 13.9. The lowest BCUT2D eigenvalue weighted by molar-refractivity contribution is 0.477. The van der Waals surface area contributed by atoms with Crippen LogP contribution in [0.15, 0.2) is 83.8 Å². The van der Waals surface area contributed by atoms with Gasteiger partial charge in [-0.05, 0) is 41.3 Å². The summed E-state index contributed by atoms with van der Waals surface area (Å²) in [6.45, 7) is 0.183. The second-order valence-corrected chi connectivity index (χ2v) is 6.16. The van der Waals surface area contributed by atoms with Crippen LogP contribution < -0.4 is 5.56 Å². The minimum atomic E-state index is -0.325. The van der Waals surface area contributed by atoms with Gasteiger partial charge in [-0.25, -0.2) is 4.39 Å². The summed E-state index contributed by atoms with van der Waals surface area (Å²) in [6.07, 6.45) is 1.67. The summed E-state index contributed by atoms with van der Waals surface area (Å²) in [6, 6.07) is 20.8. The average molecular weight is 345 g/mol. The quantitative estimate of drug-likeness (QED) is 0.591. The summed E-state index contributed by atoms with van der Waals surface area (Å²) >= 11 is 0. The van der Waals surface area contributed by atoms with Crippen molar-refractivity contribution in [3.8, 4) is 16.9 Å². The largest absolute Gasteiger partial charge is 0.507 e. The molecular formula is C22H16FNO2. The number of phenols is 1. The highest BCUT2D eigenvalue weighted by Gasteiger charge is 2.09. The molecule has 0 fully saturated rings. The first-order chi connectivity index (χ1) is 12.6. The standard InChI is InChI=1S/C22H16FNO2/c23-20-7-3-1-5-17(20)14-24-12-11-16-13-15(9-10-19(16)22(24)26)18-6-2-4-8-21(18)25/h1-13,25H,14H2. The lowest BCUT2D eigenvalue weighted by atomic mass is 10.0. The first kappa shape index (κ1) is 16.1. The molecule has 4 rings (SSSR count). The van der Waals surface area contributed by atoms with E-state index in [4.69, 9.17) is 0 Å². The molecule has 26 heavy (non-hydrogen) atoms. The molecule has 0 radical (unpaired) electrons. The summed E-state index contributed by atoms with van der Waals surface area (Å²) in [5.41, 5.74) is 1.85. The number of pyridine rings is 1. The number of rotatable bonds is 3. The SMILES string of the molecule is O=c1c2ccc(-c3ccccc3O)cc2ccn1Cc1ccccc1F. The fraction of sp³-hybridized carbons (Fsp3) is 0.0455. The van der Waals surface area contributed by atoms with Gasteiger partial charge in [-0.15, -0.1) is 0 Å². The number of hydrogen-bond acceptors (Lipinski definition) is 2. The Hall–Kier alpha value is -3.40. The maximum Gasteiger partial charge on any atom is 0.258 e. The van der Waals surface area contributed by atoms with Crippen molar-refractivity contribution in [3.05, 3.63) is 101 Å². The van der Waals surface area contributed by atoms with Crippen LogP contribution in [-0.4, -0.2) is 9.67 Å². The van der Waals surface area contributed by atoms with Gasteiger partial charge in [0.25, 0.3) is 5.56 Å². The monoisotopic (exact) mass is 345 g/mol. The first-order valence-electron chi connectivity index (χ1n) is 8.28. The normalized spacial score (nSPS) is 11.0. The molecule has 0 amide bonds. The molecule has 128 valence electrons. The maximum absolute atomic E-state index is 13.9. The number of fused-ring (bicyclic) bond motifs is 1. The van der Waals surface area contributed by atoms with E-state index >= 15 is 0 Å². The number of aromatic nitrogens is 1. The second kappa shape index (κ2) is 6.48. The van der Waals surface area contributed by atoms with Crippen LogP contribution in [0.1, 0.15) is 5.56 Å². The smallest absolute Gasteiger partial charge is 0.258 e. The van der Waals surface area contributed by atoms with Crippen LogP contribution in [-0.2, 0) is 6.54 Å². The Morgan fingerprint density at radius 2 is 1.69 bits per heavy atom. The minimum absolute atomic E-state index is 0.172. The summed E-state index contributed by atoms with van der Waals surface area (Å²) < 4.78 is 15.4. The van der Waals surface area contributed by atoms with E-state index in [1.807, 2.05) is 30.3 Å². The molecule has 3 nitrogen and oxygen atoms in total. The molecule has 1 heterocycles. The van der Waals surface area contributed by atoms with E-state index in [1.165, 1.54) is 10.6 Å². The highest BCUT2D eigenvalue weighted by molar-refractivity contribution is 5.87. The molecule has 0 unspecified atom stereocenters. The molecule has 1 aromatic heterocycles. The number of para-hydroxylation sites is 1. The summed E-state index contributed by atoms with van der Waals surface area (Å²) in [5.74, 6) is -0.130. The van der Waals surface area contributed by atoms with Crippen LogP contribution >= 0.6 is 0 Å². The van der Waals surface area contributed by atoms with Crippen molar-refractivity contribution >= 4 is 10.8 Å². The van der Waals surface area contributed by atoms with E-state index in [0.717, 1.165) is 10.9 Å². The van der Waals surface area contributed by atoms with E-state index in [-0.39, 0.29) is 23.7 Å². The average Bonchev–Trinajstić information content (AvgIpc) is 2.66. The molecule has 4 aromatic rings. The van der Waals surface area contributed by atoms with Gasteiger partial charge in [0, 0.05) is 22.7 Å². The van der Waals surface area contributed by atoms with Gasteiger partial charge in [0.05, 0.1) is 6.54 Å². The Morgan fingerprint density at radius 3 is 2.50 bits per heavy atom. The Labute approximate surface area is 149 Å². The third-order valence-corrected chi connectivity index (χ3v) is 4.49. The molecule has 0 atom stereocenters. The zero-order valence-electron chi connectivity index (χ0n) is 13.9. The predicted octanol–water partition coefficient (Wildman–Crippen LogP) is 4.56. The third-order valence-electron chi connectivity index (χ3n) is 4.49. The second-order valence-electron chi connectivity index (χ2n) is 6.16. The van der Waals surface area contributed by atoms with Gasteiger partial charge in [-0.1, -0.05) is 42.5 Å². The van der Waals surface area contributed by atoms with Crippen LogP contribution in [0.5, 0.6) is 5.75 Å². The fourth-order valence-electron chi connectivity index (χ4n) is 3.11. The maximum atomic E-state index is 13.9. The van der Waals surface area contributed by atoms with Crippen LogP contribution in [0.2, 0.25) is 0 Å². The first-order valence-corrected chi connectivity index (χ1v) is 8.28. The van der Waals surface area contributed by atoms with Gasteiger partial charge in [0.1, 0.15) is 11.6 Å². The number of halogens is 1. The fourth-order valence-corrected chi connectivity index (χ4v) is 3.11. The number of phenolic OH excluding ortho intramolecular Hbond substituents is 1. The molecule has 4 heteroatoms. The highest BCUT2D eigenvalue weighted by Crippen LogP contribution is 2.30. The van der Waals surface area contributed by atoms with Crippen LogP contribution in [0.4, 0.5) is 4.39 Å². The number of aromatic hydroxyl groups is 1. The molecule has 0 saturated heterocycles. The Kier molecular flexibility index (Phi) is 4.01. The topological polar surface area (TPSA) is 42.2 Å². The van der Waals surface area contributed by atoms with Crippen molar-refractivity contribution in [2.24, 2.45) is 0 Å². The van der Waals surface area contributed by atoms with E-state index in [1.54, 1.807) is 42.6 Å². The lowest BCUT2D eigenvalue weighted by Crippen LogP contribution is -2.20. The molecule has 0 bridgehead atoms. The van der Waals surface area contributed by atoms with E-state index in [9.17, 15) is 14.3 Å². The van der Waals surface area contributed by atoms with E-state index in [2.05, 4.69) is 0 Å². The minimum Gasteiger partial charge on any atom is -0.507 e.